The number of nitriles is 1. The first-order chi connectivity index (χ1) is 9.10. The maximum Gasteiger partial charge on any atom is 0.113 e. The summed E-state index contributed by atoms with van der Waals surface area (Å²) in [5.74, 6) is 1.54. The Labute approximate surface area is 121 Å². The quantitative estimate of drug-likeness (QED) is 0.843. The summed E-state index contributed by atoms with van der Waals surface area (Å²) in [6, 6.07) is 5.93. The van der Waals surface area contributed by atoms with Gasteiger partial charge in [-0.25, -0.2) is 4.98 Å². The Morgan fingerprint density at radius 1 is 1.42 bits per heavy atom. The van der Waals surface area contributed by atoms with Crippen LogP contribution in [0.3, 0.4) is 0 Å². The van der Waals surface area contributed by atoms with E-state index in [9.17, 15) is 0 Å². The largest absolute Gasteiger partial charge is 0.326 e. The number of halogens is 2. The second-order valence-corrected chi connectivity index (χ2v) is 5.95. The lowest BCUT2D eigenvalue weighted by Gasteiger charge is -2.10. The molecule has 19 heavy (non-hydrogen) atoms. The molecule has 2 aromatic rings. The monoisotopic (exact) mass is 293 g/mol. The van der Waals surface area contributed by atoms with Crippen molar-refractivity contribution in [2.45, 2.75) is 32.2 Å². The minimum absolute atomic E-state index is 0.0515. The van der Waals surface area contributed by atoms with Gasteiger partial charge in [-0.3, -0.25) is 0 Å². The Bertz CT molecular complexity index is 680. The van der Waals surface area contributed by atoms with Crippen molar-refractivity contribution in [3.8, 4) is 6.07 Å². The maximum absolute atomic E-state index is 9.02. The van der Waals surface area contributed by atoms with Crippen LogP contribution >= 0.6 is 23.2 Å². The zero-order valence-electron chi connectivity index (χ0n) is 10.5. The Hall–Kier alpha value is -1.24. The van der Waals surface area contributed by atoms with Gasteiger partial charge in [0.05, 0.1) is 33.1 Å². The predicted octanol–water partition coefficient (Wildman–Crippen LogP) is 4.38. The van der Waals surface area contributed by atoms with Crippen LogP contribution in [0, 0.1) is 17.2 Å². The molecule has 0 aliphatic heterocycles. The van der Waals surface area contributed by atoms with Gasteiger partial charge < -0.3 is 4.57 Å². The first kappa shape index (κ1) is 12.8. The molecule has 0 radical (unpaired) electrons. The smallest absolute Gasteiger partial charge is 0.113 e. The van der Waals surface area contributed by atoms with E-state index in [1.807, 2.05) is 13.0 Å². The topological polar surface area (TPSA) is 41.6 Å². The molecule has 1 aliphatic rings. The van der Waals surface area contributed by atoms with Gasteiger partial charge in [0.25, 0.3) is 0 Å². The highest BCUT2D eigenvalue weighted by Gasteiger charge is 2.30. The van der Waals surface area contributed by atoms with E-state index in [4.69, 9.17) is 28.5 Å². The van der Waals surface area contributed by atoms with Crippen LogP contribution in [0.4, 0.5) is 0 Å². The third kappa shape index (κ3) is 2.31. The van der Waals surface area contributed by atoms with Gasteiger partial charge in [-0.2, -0.15) is 5.26 Å². The highest BCUT2D eigenvalue weighted by molar-refractivity contribution is 6.42. The minimum atomic E-state index is -0.0515. The first-order valence-corrected chi connectivity index (χ1v) is 7.10. The van der Waals surface area contributed by atoms with Gasteiger partial charge in [0.1, 0.15) is 5.82 Å². The molecule has 1 aliphatic carbocycles. The van der Waals surface area contributed by atoms with Crippen LogP contribution in [0.15, 0.2) is 12.1 Å². The van der Waals surface area contributed by atoms with E-state index in [2.05, 4.69) is 15.6 Å². The summed E-state index contributed by atoms with van der Waals surface area (Å²) < 4.78 is 2.13. The molecule has 1 atom stereocenters. The standard InChI is InChI=1S/C14H13Cl2N3/c1-8(6-17)7-19-13-5-11(16)10(15)4-12(13)18-14(19)9-2-3-9/h4-5,8-9H,2-3,7H2,1H3. The fourth-order valence-corrected chi connectivity index (χ4v) is 2.61. The lowest BCUT2D eigenvalue weighted by molar-refractivity contribution is 0.570. The van der Waals surface area contributed by atoms with Crippen molar-refractivity contribution >= 4 is 34.2 Å². The summed E-state index contributed by atoms with van der Waals surface area (Å²) in [7, 11) is 0. The van der Waals surface area contributed by atoms with Gasteiger partial charge in [-0.05, 0) is 31.9 Å². The van der Waals surface area contributed by atoms with Crippen molar-refractivity contribution in [3.63, 3.8) is 0 Å². The molecular weight excluding hydrogens is 281 g/mol. The van der Waals surface area contributed by atoms with Crippen LogP contribution in [0.5, 0.6) is 0 Å². The number of aromatic nitrogens is 2. The lowest BCUT2D eigenvalue weighted by atomic mass is 10.2. The molecular formula is C14H13Cl2N3. The van der Waals surface area contributed by atoms with E-state index in [0.717, 1.165) is 16.9 Å². The molecule has 0 N–H and O–H groups in total. The van der Waals surface area contributed by atoms with E-state index in [0.29, 0.717) is 22.5 Å². The number of nitrogens with zero attached hydrogens (tertiary/aromatic N) is 3. The van der Waals surface area contributed by atoms with Crippen LogP contribution in [-0.2, 0) is 6.54 Å². The summed E-state index contributed by atoms with van der Waals surface area (Å²) in [5, 5.41) is 10.1. The average Bonchev–Trinajstić information content (AvgIpc) is 3.17. The summed E-state index contributed by atoms with van der Waals surface area (Å²) in [4.78, 5) is 4.67. The first-order valence-electron chi connectivity index (χ1n) is 6.35. The van der Waals surface area contributed by atoms with Crippen molar-refractivity contribution in [2.24, 2.45) is 5.92 Å². The van der Waals surface area contributed by atoms with E-state index in [1.54, 1.807) is 6.07 Å². The third-order valence-corrected chi connectivity index (χ3v) is 4.16. The van der Waals surface area contributed by atoms with Crippen molar-refractivity contribution in [1.82, 2.24) is 9.55 Å². The molecule has 98 valence electrons. The SMILES string of the molecule is CC(C#N)Cn1c(C2CC2)nc2cc(Cl)c(Cl)cc21. The molecule has 5 heteroatoms. The van der Waals surface area contributed by atoms with Crippen molar-refractivity contribution in [2.75, 3.05) is 0 Å². The van der Waals surface area contributed by atoms with Crippen LogP contribution in [0.25, 0.3) is 11.0 Å². The normalized spacial score (nSPS) is 16.5. The summed E-state index contributed by atoms with van der Waals surface area (Å²) in [5.41, 5.74) is 1.83. The number of hydrogen-bond acceptors (Lipinski definition) is 2. The van der Waals surface area contributed by atoms with Crippen molar-refractivity contribution < 1.29 is 0 Å². The highest BCUT2D eigenvalue weighted by Crippen LogP contribution is 2.41. The van der Waals surface area contributed by atoms with Gasteiger partial charge in [-0.15, -0.1) is 0 Å². The Morgan fingerprint density at radius 3 is 2.74 bits per heavy atom. The maximum atomic E-state index is 9.02. The molecule has 1 unspecified atom stereocenters. The molecule has 1 aromatic heterocycles. The Balaban J connectivity index is 2.17. The summed E-state index contributed by atoms with van der Waals surface area (Å²) in [6.07, 6.45) is 2.34. The Kier molecular flexibility index (Phi) is 3.16. The van der Waals surface area contributed by atoms with Crippen molar-refractivity contribution in [1.29, 1.82) is 5.26 Å². The van der Waals surface area contributed by atoms with Gasteiger partial charge in [0, 0.05) is 12.5 Å². The second-order valence-electron chi connectivity index (χ2n) is 5.14. The highest BCUT2D eigenvalue weighted by atomic mass is 35.5. The summed E-state index contributed by atoms with van der Waals surface area (Å²) >= 11 is 12.1. The molecule has 0 spiro atoms. The molecule has 3 rings (SSSR count). The fourth-order valence-electron chi connectivity index (χ4n) is 2.30. The molecule has 1 heterocycles. The molecule has 3 nitrogen and oxygen atoms in total. The number of imidazole rings is 1. The number of fused-ring (bicyclic) bond motifs is 1. The van der Waals surface area contributed by atoms with Gasteiger partial charge in [-0.1, -0.05) is 23.2 Å². The minimum Gasteiger partial charge on any atom is -0.326 e. The van der Waals surface area contributed by atoms with Crippen LogP contribution in [-0.4, -0.2) is 9.55 Å². The van der Waals surface area contributed by atoms with Crippen LogP contribution in [0.2, 0.25) is 10.0 Å². The van der Waals surface area contributed by atoms with Gasteiger partial charge >= 0.3 is 0 Å². The van der Waals surface area contributed by atoms with Crippen LogP contribution in [0.1, 0.15) is 31.5 Å². The van der Waals surface area contributed by atoms with Crippen LogP contribution < -0.4 is 0 Å². The lowest BCUT2D eigenvalue weighted by Crippen LogP contribution is -2.09. The zero-order chi connectivity index (χ0) is 13.6. The molecule has 1 saturated carbocycles. The zero-order valence-corrected chi connectivity index (χ0v) is 12.0. The van der Waals surface area contributed by atoms with E-state index >= 15 is 0 Å². The fraction of sp³-hybridized carbons (Fsp3) is 0.429. The van der Waals surface area contributed by atoms with Gasteiger partial charge in [0.2, 0.25) is 0 Å². The molecule has 1 aromatic carbocycles. The number of hydrogen-bond donors (Lipinski definition) is 0. The molecule has 0 amide bonds. The second kappa shape index (κ2) is 4.70. The summed E-state index contributed by atoms with van der Waals surface area (Å²) in [6.45, 7) is 2.57. The number of benzene rings is 1. The van der Waals surface area contributed by atoms with E-state index < -0.39 is 0 Å². The van der Waals surface area contributed by atoms with Gasteiger partial charge in [0.15, 0.2) is 0 Å². The number of rotatable bonds is 3. The van der Waals surface area contributed by atoms with E-state index in [1.165, 1.54) is 12.8 Å². The molecule has 0 bridgehead atoms. The molecule has 1 fully saturated rings. The third-order valence-electron chi connectivity index (χ3n) is 3.44. The average molecular weight is 294 g/mol. The Morgan fingerprint density at radius 2 is 2.11 bits per heavy atom. The van der Waals surface area contributed by atoms with E-state index in [-0.39, 0.29) is 5.92 Å². The molecule has 0 saturated heterocycles. The van der Waals surface area contributed by atoms with Crippen molar-refractivity contribution in [3.05, 3.63) is 28.0 Å². The predicted molar refractivity (Wildman–Crippen MR) is 76.5 cm³/mol.